The van der Waals surface area contributed by atoms with E-state index in [4.69, 9.17) is 0 Å². The number of hydrogen-bond donors (Lipinski definition) is 0. The zero-order chi connectivity index (χ0) is 26.8. The maximum Gasteiger partial charge on any atom is 0.270 e. The first-order valence-corrected chi connectivity index (χ1v) is 12.6. The number of Topliss-reactive ketones (excluding diaryl/α,β-unsaturated/α-hetero) is 1. The number of non-ortho nitro benzene ring substituents is 1. The van der Waals surface area contributed by atoms with Crippen LogP contribution in [0.4, 0.5) is 11.4 Å². The first kappa shape index (κ1) is 23.0. The lowest BCUT2D eigenvalue weighted by atomic mass is 9.83. The number of carbonyl (C=O) groups is 3. The number of nitrogens with zero attached hydrogens (tertiary/aromatic N) is 3. The topological polar surface area (TPSA) is 101 Å². The normalized spacial score (nSPS) is 23.1. The largest absolute Gasteiger partial charge is 0.358 e. The van der Waals surface area contributed by atoms with Crippen molar-refractivity contribution in [2.45, 2.75) is 12.1 Å². The van der Waals surface area contributed by atoms with Crippen molar-refractivity contribution in [2.24, 2.45) is 11.8 Å². The molecule has 8 heteroatoms. The molecule has 7 rings (SSSR count). The molecule has 2 fully saturated rings. The van der Waals surface area contributed by atoms with Crippen LogP contribution in [0.5, 0.6) is 0 Å². The number of rotatable bonds is 4. The van der Waals surface area contributed by atoms with Gasteiger partial charge in [-0.05, 0) is 40.1 Å². The molecule has 4 atom stereocenters. The van der Waals surface area contributed by atoms with Crippen molar-refractivity contribution in [2.75, 3.05) is 4.90 Å². The summed E-state index contributed by atoms with van der Waals surface area (Å²) in [6.45, 7) is 0. The van der Waals surface area contributed by atoms with Crippen LogP contribution in [-0.2, 0) is 9.59 Å². The maximum atomic E-state index is 14.1. The van der Waals surface area contributed by atoms with Crippen LogP contribution in [0.2, 0.25) is 0 Å². The lowest BCUT2D eigenvalue weighted by Crippen LogP contribution is -2.44. The van der Waals surface area contributed by atoms with E-state index >= 15 is 0 Å². The Kier molecular flexibility index (Phi) is 5.00. The third kappa shape index (κ3) is 3.34. The molecule has 0 aliphatic carbocycles. The van der Waals surface area contributed by atoms with Crippen molar-refractivity contribution in [3.8, 4) is 0 Å². The molecule has 190 valence electrons. The summed E-state index contributed by atoms with van der Waals surface area (Å²) in [5.74, 6) is -2.96. The number of amides is 2. The minimum Gasteiger partial charge on any atom is -0.358 e. The van der Waals surface area contributed by atoms with Crippen LogP contribution in [-0.4, -0.2) is 33.5 Å². The molecule has 0 N–H and O–H groups in total. The number of hydrogen-bond acceptors (Lipinski definition) is 6. The van der Waals surface area contributed by atoms with E-state index in [0.717, 1.165) is 21.9 Å². The average Bonchev–Trinajstić information content (AvgIpc) is 3.44. The molecule has 0 spiro atoms. The molecule has 3 heterocycles. The third-order valence-electron chi connectivity index (χ3n) is 8.06. The summed E-state index contributed by atoms with van der Waals surface area (Å²) in [6.07, 6.45) is 3.64. The van der Waals surface area contributed by atoms with Gasteiger partial charge in [-0.15, -0.1) is 0 Å². The van der Waals surface area contributed by atoms with E-state index in [1.165, 1.54) is 29.2 Å². The Labute approximate surface area is 222 Å². The number of nitro groups is 1. The van der Waals surface area contributed by atoms with Crippen molar-refractivity contribution < 1.29 is 19.3 Å². The second kappa shape index (κ2) is 8.46. The zero-order valence-electron chi connectivity index (χ0n) is 20.5. The Balaban J connectivity index is 1.37. The van der Waals surface area contributed by atoms with Gasteiger partial charge in [-0.1, -0.05) is 66.7 Å². The number of nitro benzene ring substituents is 1. The second-order valence-electron chi connectivity index (χ2n) is 10.0. The summed E-state index contributed by atoms with van der Waals surface area (Å²) in [6, 6.07) is 24.8. The molecule has 0 radical (unpaired) electrons. The summed E-state index contributed by atoms with van der Waals surface area (Å²) >= 11 is 0. The third-order valence-corrected chi connectivity index (χ3v) is 8.06. The van der Waals surface area contributed by atoms with E-state index in [9.17, 15) is 24.5 Å². The van der Waals surface area contributed by atoms with E-state index in [0.29, 0.717) is 5.69 Å². The predicted molar refractivity (Wildman–Crippen MR) is 145 cm³/mol. The molecule has 0 saturated carbocycles. The van der Waals surface area contributed by atoms with Crippen LogP contribution in [0.25, 0.3) is 16.8 Å². The number of benzene rings is 4. The molecule has 1 unspecified atom stereocenters. The van der Waals surface area contributed by atoms with Crippen molar-refractivity contribution in [3.05, 3.63) is 124 Å². The quantitative estimate of drug-likeness (QED) is 0.161. The van der Waals surface area contributed by atoms with Gasteiger partial charge in [-0.25, -0.2) is 4.90 Å². The summed E-state index contributed by atoms with van der Waals surface area (Å²) in [5.41, 5.74) is 2.17. The molecule has 4 aromatic carbocycles. The van der Waals surface area contributed by atoms with E-state index in [-0.39, 0.29) is 17.2 Å². The van der Waals surface area contributed by atoms with Crippen LogP contribution >= 0.6 is 0 Å². The van der Waals surface area contributed by atoms with Gasteiger partial charge in [0.1, 0.15) is 6.04 Å². The SMILES string of the molecule is O=C(c1cccc([N+](=O)[O-])c1)[C@@H]1[C@@H]2C(=O)N(c3ccc4ccccc4c3)C(=O)[C@@H]2C2c3ccccc3C=CN21. The second-order valence-corrected chi connectivity index (χ2v) is 10.0. The Bertz CT molecular complexity index is 1760. The van der Waals surface area contributed by atoms with Gasteiger partial charge in [-0.2, -0.15) is 0 Å². The number of fused-ring (bicyclic) bond motifs is 6. The lowest BCUT2D eigenvalue weighted by molar-refractivity contribution is -0.384. The molecule has 3 aliphatic heterocycles. The van der Waals surface area contributed by atoms with Crippen LogP contribution in [0.3, 0.4) is 0 Å². The predicted octanol–water partition coefficient (Wildman–Crippen LogP) is 5.15. The molecule has 8 nitrogen and oxygen atoms in total. The van der Waals surface area contributed by atoms with Crippen LogP contribution in [0.15, 0.2) is 97.2 Å². The molecule has 4 aromatic rings. The van der Waals surface area contributed by atoms with Gasteiger partial charge in [0.2, 0.25) is 11.8 Å². The molecule has 0 bridgehead atoms. The molecular formula is C31H21N3O5. The van der Waals surface area contributed by atoms with Crippen LogP contribution < -0.4 is 4.90 Å². The summed E-state index contributed by atoms with van der Waals surface area (Å²) in [5, 5.41) is 13.3. The maximum absolute atomic E-state index is 14.1. The molecule has 3 aliphatic rings. The van der Waals surface area contributed by atoms with Crippen LogP contribution in [0, 0.1) is 22.0 Å². The Morgan fingerprint density at radius 3 is 2.36 bits per heavy atom. The number of imide groups is 1. The zero-order valence-corrected chi connectivity index (χ0v) is 20.5. The Morgan fingerprint density at radius 2 is 1.54 bits per heavy atom. The fraction of sp³-hybridized carbons (Fsp3) is 0.129. The Morgan fingerprint density at radius 1 is 0.795 bits per heavy atom. The highest BCUT2D eigenvalue weighted by Crippen LogP contribution is 2.53. The summed E-state index contributed by atoms with van der Waals surface area (Å²) in [4.78, 5) is 56.1. The van der Waals surface area contributed by atoms with Gasteiger partial charge in [0.05, 0.1) is 28.5 Å². The number of ketones is 1. The van der Waals surface area contributed by atoms with Gasteiger partial charge >= 0.3 is 0 Å². The van der Waals surface area contributed by atoms with E-state index in [1.807, 2.05) is 66.7 Å². The van der Waals surface area contributed by atoms with Crippen molar-refractivity contribution >= 4 is 45.8 Å². The van der Waals surface area contributed by atoms with Gasteiger partial charge < -0.3 is 4.90 Å². The highest BCUT2D eigenvalue weighted by Gasteiger charge is 2.64. The molecule has 0 aromatic heterocycles. The van der Waals surface area contributed by atoms with Gasteiger partial charge in [0.25, 0.3) is 5.69 Å². The van der Waals surface area contributed by atoms with Gasteiger partial charge in [0, 0.05) is 23.9 Å². The molecule has 2 amide bonds. The standard InChI is InChI=1S/C31H21N3O5/c35-29(21-9-5-10-23(17-21)34(38)39)28-26-25(27-24-11-4-3-7-19(24)14-15-32(27)28)30(36)33(31(26)37)22-13-12-18-6-1-2-8-20(18)16-22/h1-17,25-28H/t25-,26+,27?,28-/m0/s1. The fourth-order valence-corrected chi connectivity index (χ4v) is 6.37. The smallest absolute Gasteiger partial charge is 0.270 e. The van der Waals surface area contributed by atoms with Crippen molar-refractivity contribution in [1.29, 1.82) is 0 Å². The summed E-state index contributed by atoms with van der Waals surface area (Å²) < 4.78 is 0. The molecule has 39 heavy (non-hydrogen) atoms. The minimum absolute atomic E-state index is 0.130. The van der Waals surface area contributed by atoms with Crippen molar-refractivity contribution in [3.63, 3.8) is 0 Å². The fourth-order valence-electron chi connectivity index (χ4n) is 6.37. The first-order chi connectivity index (χ1) is 18.9. The van der Waals surface area contributed by atoms with Gasteiger partial charge in [0.15, 0.2) is 5.78 Å². The van der Waals surface area contributed by atoms with E-state index in [1.54, 1.807) is 17.2 Å². The molecular weight excluding hydrogens is 494 g/mol. The first-order valence-electron chi connectivity index (χ1n) is 12.6. The van der Waals surface area contributed by atoms with Crippen LogP contribution in [0.1, 0.15) is 27.5 Å². The highest BCUT2D eigenvalue weighted by molar-refractivity contribution is 6.25. The number of carbonyl (C=O) groups excluding carboxylic acids is 3. The number of anilines is 1. The lowest BCUT2D eigenvalue weighted by Gasteiger charge is -2.35. The average molecular weight is 516 g/mol. The van der Waals surface area contributed by atoms with Crippen molar-refractivity contribution in [1.82, 2.24) is 4.90 Å². The van der Waals surface area contributed by atoms with Gasteiger partial charge in [-0.3, -0.25) is 24.5 Å². The highest BCUT2D eigenvalue weighted by atomic mass is 16.6. The summed E-state index contributed by atoms with van der Waals surface area (Å²) in [7, 11) is 0. The monoisotopic (exact) mass is 515 g/mol. The minimum atomic E-state index is -0.992. The molecule has 2 saturated heterocycles. The Hall–Kier alpha value is -5.11. The van der Waals surface area contributed by atoms with E-state index < -0.39 is 40.5 Å². The van der Waals surface area contributed by atoms with E-state index in [2.05, 4.69) is 0 Å².